The highest BCUT2D eigenvalue weighted by Gasteiger charge is 2.29. The van der Waals surface area contributed by atoms with Crippen molar-refractivity contribution in [3.63, 3.8) is 0 Å². The number of ether oxygens (including phenoxy) is 2. The first-order valence-corrected chi connectivity index (χ1v) is 10.6. The van der Waals surface area contributed by atoms with E-state index in [9.17, 15) is 22.8 Å². The minimum Gasteiger partial charge on any atom is -0.452 e. The summed E-state index contributed by atoms with van der Waals surface area (Å²) in [4.78, 5) is 35.5. The topological polar surface area (TPSA) is 116 Å². The van der Waals surface area contributed by atoms with E-state index in [1.54, 1.807) is 25.1 Å². The van der Waals surface area contributed by atoms with Gasteiger partial charge >= 0.3 is 12.1 Å². The van der Waals surface area contributed by atoms with E-state index in [0.717, 1.165) is 0 Å². The van der Waals surface area contributed by atoms with Crippen LogP contribution >= 0.6 is 11.8 Å². The Morgan fingerprint density at radius 3 is 2.62 bits per heavy atom. The van der Waals surface area contributed by atoms with Gasteiger partial charge in [-0.1, -0.05) is 12.1 Å². The van der Waals surface area contributed by atoms with Crippen LogP contribution in [-0.2, 0) is 24.1 Å². The van der Waals surface area contributed by atoms with Crippen molar-refractivity contribution in [1.82, 2.24) is 5.32 Å². The predicted octanol–water partition coefficient (Wildman–Crippen LogP) is 1.40. The molecule has 1 heterocycles. The van der Waals surface area contributed by atoms with Crippen LogP contribution in [0.15, 0.2) is 29.2 Å². The molecule has 0 aromatic heterocycles. The van der Waals surface area contributed by atoms with Crippen LogP contribution in [-0.4, -0.2) is 56.4 Å². The molecule has 0 radical (unpaired) electrons. The average molecular weight is 401 g/mol. The fraction of sp³-hybridized carbons (Fsp3) is 0.438. The molecule has 0 unspecified atom stereocenters. The molecule has 2 amide bonds. The van der Waals surface area contributed by atoms with Crippen LogP contribution in [0.4, 0.5) is 4.79 Å². The summed E-state index contributed by atoms with van der Waals surface area (Å²) in [7, 11) is -3.02. The van der Waals surface area contributed by atoms with Crippen LogP contribution in [0, 0.1) is 0 Å². The number of imide groups is 1. The Morgan fingerprint density at radius 1 is 1.23 bits per heavy atom. The molecule has 1 aliphatic rings. The second-order valence-corrected chi connectivity index (χ2v) is 9.05. The number of amides is 2. The number of sulfone groups is 1. The number of hydrogen-bond acceptors (Lipinski definition) is 8. The maximum Gasteiger partial charge on any atom is 0.413 e. The van der Waals surface area contributed by atoms with Gasteiger partial charge in [-0.3, -0.25) is 10.1 Å². The Balaban J connectivity index is 1.95. The molecule has 1 fully saturated rings. The highest BCUT2D eigenvalue weighted by atomic mass is 32.2. The molecule has 1 N–H and O–H groups in total. The Hall–Kier alpha value is -2.07. The zero-order valence-electron chi connectivity index (χ0n) is 14.1. The van der Waals surface area contributed by atoms with Crippen molar-refractivity contribution in [1.29, 1.82) is 0 Å². The number of hydrogen-bond donors (Lipinski definition) is 1. The zero-order valence-corrected chi connectivity index (χ0v) is 15.7. The van der Waals surface area contributed by atoms with Crippen molar-refractivity contribution in [3.8, 4) is 0 Å². The van der Waals surface area contributed by atoms with Crippen LogP contribution in [0.5, 0.6) is 0 Å². The molecule has 1 aromatic rings. The van der Waals surface area contributed by atoms with Gasteiger partial charge in [0.1, 0.15) is 0 Å². The first kappa shape index (κ1) is 20.2. The molecule has 1 atom stereocenters. The first-order valence-electron chi connectivity index (χ1n) is 7.90. The number of alkyl carbamates (subject to hydrolysis) is 1. The van der Waals surface area contributed by atoms with Gasteiger partial charge in [0.25, 0.3) is 5.91 Å². The maximum absolute atomic E-state index is 12.2. The van der Waals surface area contributed by atoms with E-state index in [1.165, 1.54) is 17.8 Å². The van der Waals surface area contributed by atoms with Crippen LogP contribution in [0.25, 0.3) is 0 Å². The highest BCUT2D eigenvalue weighted by Crippen LogP contribution is 2.33. The Kier molecular flexibility index (Phi) is 7.04. The Labute approximate surface area is 155 Å². The van der Waals surface area contributed by atoms with Gasteiger partial charge < -0.3 is 9.47 Å². The normalized spacial score (nSPS) is 18.1. The lowest BCUT2D eigenvalue weighted by atomic mass is 10.2. The third-order valence-corrected chi connectivity index (χ3v) is 6.77. The summed E-state index contributed by atoms with van der Waals surface area (Å²) in [5.74, 6) is -1.31. The molecule has 0 saturated carbocycles. The van der Waals surface area contributed by atoms with Crippen LogP contribution < -0.4 is 5.32 Å². The molecule has 0 bridgehead atoms. The van der Waals surface area contributed by atoms with E-state index < -0.39 is 34.4 Å². The van der Waals surface area contributed by atoms with Crippen molar-refractivity contribution < 1.29 is 32.3 Å². The van der Waals surface area contributed by atoms with Crippen LogP contribution in [0.2, 0.25) is 0 Å². The molecule has 1 saturated heterocycles. The number of benzene rings is 1. The molecule has 0 aliphatic carbocycles. The SMILES string of the molecule is CCOC(=O)NC(=O)COC(=O)c1ccccc1S[C@H]1CCS(=O)(=O)C1. The molecule has 10 heteroatoms. The lowest BCUT2D eigenvalue weighted by Crippen LogP contribution is -2.34. The molecule has 0 spiro atoms. The summed E-state index contributed by atoms with van der Waals surface area (Å²) in [6, 6.07) is 6.61. The van der Waals surface area contributed by atoms with Gasteiger partial charge in [0, 0.05) is 10.1 Å². The number of esters is 1. The zero-order chi connectivity index (χ0) is 19.2. The molecule has 26 heavy (non-hydrogen) atoms. The fourth-order valence-corrected chi connectivity index (χ4v) is 5.91. The van der Waals surface area contributed by atoms with Gasteiger partial charge in [-0.2, -0.15) is 0 Å². The molecule has 8 nitrogen and oxygen atoms in total. The Morgan fingerprint density at radius 2 is 1.96 bits per heavy atom. The monoisotopic (exact) mass is 401 g/mol. The summed E-state index contributed by atoms with van der Waals surface area (Å²) in [5.41, 5.74) is 0.241. The maximum atomic E-state index is 12.2. The van der Waals surface area contributed by atoms with Gasteiger partial charge in [-0.15, -0.1) is 11.8 Å². The quantitative estimate of drug-likeness (QED) is 0.711. The van der Waals surface area contributed by atoms with Crippen molar-refractivity contribution in [2.24, 2.45) is 0 Å². The fourth-order valence-electron chi connectivity index (χ4n) is 2.30. The number of nitrogens with one attached hydrogen (secondary N) is 1. The molecule has 1 aliphatic heterocycles. The van der Waals surface area contributed by atoms with Crippen molar-refractivity contribution in [2.45, 2.75) is 23.5 Å². The molecule has 1 aromatic carbocycles. The molecule has 2 rings (SSSR count). The lowest BCUT2D eigenvalue weighted by Gasteiger charge is -2.12. The van der Waals surface area contributed by atoms with Gasteiger partial charge in [0.05, 0.1) is 23.7 Å². The smallest absolute Gasteiger partial charge is 0.413 e. The van der Waals surface area contributed by atoms with Gasteiger partial charge in [0.15, 0.2) is 16.4 Å². The van der Waals surface area contributed by atoms with Crippen molar-refractivity contribution in [2.75, 3.05) is 24.7 Å². The van der Waals surface area contributed by atoms with Crippen molar-refractivity contribution in [3.05, 3.63) is 29.8 Å². The number of carbonyl (C=O) groups is 3. The van der Waals surface area contributed by atoms with Gasteiger partial charge in [0.2, 0.25) is 0 Å². The average Bonchev–Trinajstić information content (AvgIpc) is 2.92. The minimum atomic E-state index is -3.02. The first-order chi connectivity index (χ1) is 12.3. The van der Waals surface area contributed by atoms with Crippen molar-refractivity contribution >= 4 is 39.6 Å². The second-order valence-electron chi connectivity index (χ2n) is 5.48. The summed E-state index contributed by atoms with van der Waals surface area (Å²) < 4.78 is 32.6. The van der Waals surface area contributed by atoms with E-state index in [-0.39, 0.29) is 28.9 Å². The molecular formula is C16H19NO7S2. The minimum absolute atomic E-state index is 0.0724. The summed E-state index contributed by atoms with van der Waals surface area (Å²) in [6.07, 6.45) is -0.384. The largest absolute Gasteiger partial charge is 0.452 e. The summed E-state index contributed by atoms with van der Waals surface area (Å²) >= 11 is 1.31. The van der Waals surface area contributed by atoms with E-state index in [0.29, 0.717) is 11.3 Å². The second kappa shape index (κ2) is 9.04. The third-order valence-electron chi connectivity index (χ3n) is 3.44. The Bertz CT molecular complexity index is 792. The predicted molar refractivity (Wildman–Crippen MR) is 94.8 cm³/mol. The number of rotatable bonds is 6. The van der Waals surface area contributed by atoms with Crippen LogP contribution in [0.3, 0.4) is 0 Å². The van der Waals surface area contributed by atoms with E-state index in [1.807, 2.05) is 5.32 Å². The molecule has 142 valence electrons. The number of thioether (sulfide) groups is 1. The van der Waals surface area contributed by atoms with E-state index >= 15 is 0 Å². The van der Waals surface area contributed by atoms with E-state index in [4.69, 9.17) is 4.74 Å². The number of carbonyl (C=O) groups excluding carboxylic acids is 3. The molecular weight excluding hydrogens is 382 g/mol. The summed E-state index contributed by atoms with van der Waals surface area (Å²) in [6.45, 7) is 1.07. The van der Waals surface area contributed by atoms with Crippen LogP contribution in [0.1, 0.15) is 23.7 Å². The van der Waals surface area contributed by atoms with Gasteiger partial charge in [-0.05, 0) is 25.5 Å². The standard InChI is InChI=1S/C16H19NO7S2/c1-2-23-16(20)17-14(18)9-24-15(19)12-5-3-4-6-13(12)25-11-7-8-26(21,22)10-11/h3-6,11H,2,7-10H2,1H3,(H,17,18,20)/t11-/m0/s1. The summed E-state index contributed by atoms with van der Waals surface area (Å²) in [5, 5.41) is 1.80. The highest BCUT2D eigenvalue weighted by molar-refractivity contribution is 8.02. The lowest BCUT2D eigenvalue weighted by molar-refractivity contribution is -0.123. The third kappa shape index (κ3) is 6.03. The van der Waals surface area contributed by atoms with E-state index in [2.05, 4.69) is 4.74 Å². The van der Waals surface area contributed by atoms with Gasteiger partial charge in [-0.25, -0.2) is 18.0 Å².